The molecule has 0 rings (SSSR count). The zero-order valence-electron chi connectivity index (χ0n) is 7.23. The SMILES string of the molecule is CCC(C(=O)OF)=C(F)N(C)C. The molecule has 70 valence electrons. The van der Waals surface area contributed by atoms with Crippen molar-refractivity contribution in [1.29, 1.82) is 0 Å². The summed E-state index contributed by atoms with van der Waals surface area (Å²) < 4.78 is 24.3. The van der Waals surface area contributed by atoms with Crippen LogP contribution in [0.2, 0.25) is 0 Å². The second-order valence-electron chi connectivity index (χ2n) is 2.38. The van der Waals surface area contributed by atoms with Crippen LogP contribution < -0.4 is 0 Å². The molecule has 0 amide bonds. The van der Waals surface area contributed by atoms with Crippen LogP contribution in [0.5, 0.6) is 0 Å². The van der Waals surface area contributed by atoms with E-state index in [2.05, 4.69) is 4.94 Å². The van der Waals surface area contributed by atoms with E-state index < -0.39 is 11.9 Å². The Hall–Kier alpha value is -1.13. The highest BCUT2D eigenvalue weighted by molar-refractivity contribution is 5.88. The van der Waals surface area contributed by atoms with Gasteiger partial charge in [-0.05, 0) is 6.42 Å². The van der Waals surface area contributed by atoms with E-state index in [1.165, 1.54) is 21.0 Å². The first-order valence-corrected chi connectivity index (χ1v) is 3.43. The van der Waals surface area contributed by atoms with Gasteiger partial charge < -0.3 is 4.90 Å². The minimum Gasteiger partial charge on any atom is -0.354 e. The molecule has 0 aliphatic carbocycles. The fraction of sp³-hybridized carbons (Fsp3) is 0.571. The normalized spacial score (nSPS) is 12.1. The first-order valence-electron chi connectivity index (χ1n) is 3.43. The Morgan fingerprint density at radius 3 is 2.25 bits per heavy atom. The molecule has 0 aromatic rings. The summed E-state index contributed by atoms with van der Waals surface area (Å²) in [4.78, 5) is 14.6. The third-order valence-electron chi connectivity index (χ3n) is 1.31. The van der Waals surface area contributed by atoms with E-state index in [-0.39, 0.29) is 12.0 Å². The quantitative estimate of drug-likeness (QED) is 0.486. The first-order chi connectivity index (χ1) is 5.54. The third-order valence-corrected chi connectivity index (χ3v) is 1.31. The molecule has 0 radical (unpaired) electrons. The van der Waals surface area contributed by atoms with Gasteiger partial charge in [-0.15, -0.1) is 0 Å². The molecule has 0 aliphatic heterocycles. The highest BCUT2D eigenvalue weighted by atomic mass is 19.3. The molecule has 0 saturated heterocycles. The zero-order valence-corrected chi connectivity index (χ0v) is 7.23. The molecule has 0 aliphatic rings. The Labute approximate surface area is 69.5 Å². The van der Waals surface area contributed by atoms with Gasteiger partial charge in [0.2, 0.25) is 0 Å². The van der Waals surface area contributed by atoms with Gasteiger partial charge in [0.05, 0.1) is 5.57 Å². The molecule has 0 aromatic heterocycles. The van der Waals surface area contributed by atoms with Gasteiger partial charge in [-0.3, -0.25) is 0 Å². The van der Waals surface area contributed by atoms with Crippen molar-refractivity contribution in [2.24, 2.45) is 0 Å². The summed E-state index contributed by atoms with van der Waals surface area (Å²) in [6.45, 7) is 1.54. The van der Waals surface area contributed by atoms with Crippen LogP contribution in [-0.2, 0) is 9.74 Å². The summed E-state index contributed by atoms with van der Waals surface area (Å²) >= 11 is 0. The molecule has 0 heterocycles. The molecule has 0 atom stereocenters. The fourth-order valence-corrected chi connectivity index (χ4v) is 0.691. The second-order valence-corrected chi connectivity index (χ2v) is 2.38. The van der Waals surface area contributed by atoms with E-state index in [1.54, 1.807) is 0 Å². The minimum atomic E-state index is -1.27. The van der Waals surface area contributed by atoms with Gasteiger partial charge in [-0.2, -0.15) is 4.39 Å². The van der Waals surface area contributed by atoms with Crippen molar-refractivity contribution in [1.82, 2.24) is 4.90 Å². The van der Waals surface area contributed by atoms with Crippen molar-refractivity contribution in [3.05, 3.63) is 11.5 Å². The van der Waals surface area contributed by atoms with Crippen molar-refractivity contribution in [3.63, 3.8) is 0 Å². The van der Waals surface area contributed by atoms with E-state index in [0.29, 0.717) is 0 Å². The van der Waals surface area contributed by atoms with Gasteiger partial charge in [0.1, 0.15) is 0 Å². The van der Waals surface area contributed by atoms with Crippen LogP contribution in [0.3, 0.4) is 0 Å². The summed E-state index contributed by atoms with van der Waals surface area (Å²) in [5.41, 5.74) is -0.303. The Bertz CT molecular complexity index is 202. The number of hydrogen-bond acceptors (Lipinski definition) is 3. The predicted octanol–water partition coefficient (Wildman–Crippen LogP) is 1.57. The molecule has 3 nitrogen and oxygen atoms in total. The number of carbonyl (C=O) groups excluding carboxylic acids is 1. The molecule has 5 heteroatoms. The number of halogens is 2. The minimum absolute atomic E-state index is 0.0900. The zero-order chi connectivity index (χ0) is 9.72. The standard InChI is InChI=1S/C7H11F2NO2/c1-4-5(7(11)12-9)6(8)10(2)3/h4H2,1-3H3. The van der Waals surface area contributed by atoms with E-state index in [0.717, 1.165) is 4.90 Å². The lowest BCUT2D eigenvalue weighted by Gasteiger charge is -2.11. The topological polar surface area (TPSA) is 29.5 Å². The summed E-state index contributed by atoms with van der Waals surface area (Å²) in [5, 5.41) is 0. The monoisotopic (exact) mass is 179 g/mol. The van der Waals surface area contributed by atoms with Crippen LogP contribution in [0.15, 0.2) is 11.5 Å². The Kier molecular flexibility index (Phi) is 4.25. The van der Waals surface area contributed by atoms with Gasteiger partial charge in [0.25, 0.3) is 0 Å². The maximum atomic E-state index is 13.0. The molecule has 0 N–H and O–H groups in total. The smallest absolute Gasteiger partial charge is 0.354 e. The largest absolute Gasteiger partial charge is 0.380 e. The van der Waals surface area contributed by atoms with E-state index in [1.807, 2.05) is 0 Å². The molecule has 0 bridgehead atoms. The Balaban J connectivity index is 4.73. The average molecular weight is 179 g/mol. The summed E-state index contributed by atoms with van der Waals surface area (Å²) in [6, 6.07) is 0. The van der Waals surface area contributed by atoms with Crippen LogP contribution in [0, 0.1) is 0 Å². The van der Waals surface area contributed by atoms with Crippen molar-refractivity contribution in [3.8, 4) is 0 Å². The van der Waals surface area contributed by atoms with E-state index in [9.17, 15) is 13.7 Å². The summed E-state index contributed by atoms with van der Waals surface area (Å²) in [7, 11) is 2.83. The van der Waals surface area contributed by atoms with E-state index >= 15 is 0 Å². The maximum Gasteiger partial charge on any atom is 0.380 e. The van der Waals surface area contributed by atoms with Crippen LogP contribution >= 0.6 is 0 Å². The molecule has 0 spiro atoms. The molecule has 0 aromatic carbocycles. The summed E-state index contributed by atoms with van der Waals surface area (Å²) in [6.07, 6.45) is 0.0900. The average Bonchev–Trinajstić information content (AvgIpc) is 2.05. The molecule has 0 fully saturated rings. The van der Waals surface area contributed by atoms with Crippen LogP contribution in [0.25, 0.3) is 0 Å². The van der Waals surface area contributed by atoms with Crippen molar-refractivity contribution < 1.29 is 18.7 Å². The van der Waals surface area contributed by atoms with Gasteiger partial charge >= 0.3 is 5.97 Å². The Morgan fingerprint density at radius 1 is 1.50 bits per heavy atom. The molecular formula is C7H11F2NO2. The lowest BCUT2D eigenvalue weighted by molar-refractivity contribution is -0.178. The van der Waals surface area contributed by atoms with Gasteiger partial charge in [-0.25, -0.2) is 9.74 Å². The molecule has 12 heavy (non-hydrogen) atoms. The lowest BCUT2D eigenvalue weighted by Crippen LogP contribution is -2.14. The van der Waals surface area contributed by atoms with Crippen molar-refractivity contribution >= 4 is 5.97 Å². The van der Waals surface area contributed by atoms with E-state index in [4.69, 9.17) is 0 Å². The second kappa shape index (κ2) is 4.69. The molecule has 0 unspecified atom stereocenters. The number of nitrogens with zero attached hydrogens (tertiary/aromatic N) is 1. The van der Waals surface area contributed by atoms with Crippen molar-refractivity contribution in [2.45, 2.75) is 13.3 Å². The van der Waals surface area contributed by atoms with Gasteiger partial charge in [-0.1, -0.05) is 6.92 Å². The maximum absolute atomic E-state index is 13.0. The number of carbonyl (C=O) groups is 1. The first kappa shape index (κ1) is 10.9. The van der Waals surface area contributed by atoms with Crippen LogP contribution in [0.4, 0.5) is 8.92 Å². The molecule has 0 saturated carbocycles. The summed E-state index contributed by atoms with van der Waals surface area (Å²) in [5.74, 6) is -2.05. The fourth-order valence-electron chi connectivity index (χ4n) is 0.691. The highest BCUT2D eigenvalue weighted by Gasteiger charge is 2.17. The van der Waals surface area contributed by atoms with Crippen molar-refractivity contribution in [2.75, 3.05) is 14.1 Å². The van der Waals surface area contributed by atoms with Crippen LogP contribution in [-0.4, -0.2) is 25.0 Å². The third kappa shape index (κ3) is 2.48. The number of hydrogen-bond donors (Lipinski definition) is 0. The number of rotatable bonds is 3. The van der Waals surface area contributed by atoms with Crippen LogP contribution in [0.1, 0.15) is 13.3 Å². The lowest BCUT2D eigenvalue weighted by atomic mass is 10.2. The molecular weight excluding hydrogens is 168 g/mol. The predicted molar refractivity (Wildman–Crippen MR) is 39.3 cm³/mol. The van der Waals surface area contributed by atoms with Gasteiger partial charge in [0, 0.05) is 18.6 Å². The highest BCUT2D eigenvalue weighted by Crippen LogP contribution is 2.13. The van der Waals surface area contributed by atoms with Gasteiger partial charge in [0.15, 0.2) is 5.95 Å². The Morgan fingerprint density at radius 2 is 2.00 bits per heavy atom.